The molecule has 0 unspecified atom stereocenters. The molecule has 0 radical (unpaired) electrons. The number of hydrogen-bond acceptors (Lipinski definition) is 5. The minimum atomic E-state index is 0.534. The molecule has 1 aliphatic carbocycles. The van der Waals surface area contributed by atoms with E-state index in [9.17, 15) is 0 Å². The van der Waals surface area contributed by atoms with Crippen molar-refractivity contribution in [2.45, 2.75) is 58.3 Å². The third kappa shape index (κ3) is 5.02. The second kappa shape index (κ2) is 9.99. The summed E-state index contributed by atoms with van der Waals surface area (Å²) >= 11 is 0. The number of unbranched alkanes of at least 4 members (excludes halogenated alkanes) is 1. The predicted octanol–water partition coefficient (Wildman–Crippen LogP) is 5.94. The average molecular weight is 429 g/mol. The van der Waals surface area contributed by atoms with Crippen LogP contribution in [-0.2, 0) is 6.42 Å². The first-order chi connectivity index (χ1) is 15.6. The van der Waals surface area contributed by atoms with Gasteiger partial charge in [-0.1, -0.05) is 24.6 Å². The number of hydrogen-bond donors (Lipinski definition) is 0. The molecule has 1 heterocycles. The second-order valence-electron chi connectivity index (χ2n) is 8.78. The first kappa shape index (κ1) is 22.1. The lowest BCUT2D eigenvalue weighted by Gasteiger charge is -2.25. The van der Waals surface area contributed by atoms with E-state index in [0.29, 0.717) is 11.5 Å². The van der Waals surface area contributed by atoms with E-state index < -0.39 is 0 Å². The van der Waals surface area contributed by atoms with Gasteiger partial charge >= 0.3 is 0 Å². The van der Waals surface area contributed by atoms with E-state index in [2.05, 4.69) is 43.0 Å². The highest BCUT2D eigenvalue weighted by Gasteiger charge is 2.28. The maximum atomic E-state index is 9.11. The van der Waals surface area contributed by atoms with Crippen molar-refractivity contribution in [3.8, 4) is 11.8 Å². The molecule has 5 heteroatoms. The number of anilines is 1. The fraction of sp³-hybridized carbons (Fsp3) is 0.444. The summed E-state index contributed by atoms with van der Waals surface area (Å²) in [6, 6.07) is 14.4. The lowest BCUT2D eigenvalue weighted by Crippen LogP contribution is -2.27. The quantitative estimate of drug-likeness (QED) is 0.374. The Labute approximate surface area is 191 Å². The van der Waals surface area contributed by atoms with Gasteiger partial charge in [0, 0.05) is 24.4 Å². The Morgan fingerprint density at radius 2 is 1.94 bits per heavy atom. The van der Waals surface area contributed by atoms with Crippen molar-refractivity contribution in [3.63, 3.8) is 0 Å². The zero-order valence-corrected chi connectivity index (χ0v) is 19.4. The summed E-state index contributed by atoms with van der Waals surface area (Å²) in [6.07, 6.45) is 6.55. The lowest BCUT2D eigenvalue weighted by molar-refractivity contribution is 0.408. The molecule has 0 aliphatic heterocycles. The zero-order chi connectivity index (χ0) is 22.5. The van der Waals surface area contributed by atoms with Crippen molar-refractivity contribution in [1.82, 2.24) is 9.97 Å². The highest BCUT2D eigenvalue weighted by molar-refractivity contribution is 5.90. The lowest BCUT2D eigenvalue weighted by atomic mass is 10.0. The molecule has 0 N–H and O–H groups in total. The number of aromatic nitrogens is 2. The molecular weight excluding hydrogens is 396 g/mol. The first-order valence-electron chi connectivity index (χ1n) is 11.7. The Balaban J connectivity index is 1.50. The van der Waals surface area contributed by atoms with Crippen LogP contribution in [0.15, 0.2) is 36.4 Å². The van der Waals surface area contributed by atoms with Crippen LogP contribution in [-0.4, -0.2) is 30.2 Å². The molecule has 3 aromatic rings. The molecule has 1 saturated carbocycles. The number of benzene rings is 2. The van der Waals surface area contributed by atoms with E-state index in [4.69, 9.17) is 20.0 Å². The molecule has 4 rings (SSSR count). The van der Waals surface area contributed by atoms with Crippen LogP contribution in [0, 0.1) is 18.3 Å². The van der Waals surface area contributed by atoms with Gasteiger partial charge in [-0.05, 0) is 75.3 Å². The summed E-state index contributed by atoms with van der Waals surface area (Å²) in [5.74, 6) is 3.45. The van der Waals surface area contributed by atoms with E-state index in [1.807, 2.05) is 18.2 Å². The van der Waals surface area contributed by atoms with E-state index >= 15 is 0 Å². The second-order valence-corrected chi connectivity index (χ2v) is 8.78. The van der Waals surface area contributed by atoms with Gasteiger partial charge in [0.1, 0.15) is 17.4 Å². The third-order valence-corrected chi connectivity index (χ3v) is 6.12. The van der Waals surface area contributed by atoms with Crippen LogP contribution in [0.2, 0.25) is 0 Å². The van der Waals surface area contributed by atoms with Gasteiger partial charge in [0.25, 0.3) is 0 Å². The standard InChI is InChI=1S/C27H32N4O/c1-4-14-31(15-6-5-7-21-10-9-20(18-28)17-25(21)32-3)27-23-16-19(2)8-13-24(23)29-26(30-27)22-11-12-22/h8-10,13,16-17,22H,4-7,11-12,14-15H2,1-3H3. The Kier molecular flexibility index (Phi) is 6.90. The number of fused-ring (bicyclic) bond motifs is 1. The highest BCUT2D eigenvalue weighted by Crippen LogP contribution is 2.40. The minimum Gasteiger partial charge on any atom is -0.496 e. The molecule has 0 atom stereocenters. The van der Waals surface area contributed by atoms with E-state index in [-0.39, 0.29) is 0 Å². The molecule has 0 amide bonds. The molecule has 0 bridgehead atoms. The highest BCUT2D eigenvalue weighted by atomic mass is 16.5. The predicted molar refractivity (Wildman–Crippen MR) is 129 cm³/mol. The molecular formula is C27H32N4O. The normalized spacial score (nSPS) is 13.2. The van der Waals surface area contributed by atoms with Crippen molar-refractivity contribution >= 4 is 16.7 Å². The van der Waals surface area contributed by atoms with Crippen LogP contribution in [0.5, 0.6) is 5.75 Å². The van der Waals surface area contributed by atoms with Crippen molar-refractivity contribution in [1.29, 1.82) is 5.26 Å². The molecule has 5 nitrogen and oxygen atoms in total. The monoisotopic (exact) mass is 428 g/mol. The fourth-order valence-electron chi connectivity index (χ4n) is 4.24. The van der Waals surface area contributed by atoms with Crippen LogP contribution in [0.1, 0.15) is 67.5 Å². The van der Waals surface area contributed by atoms with Crippen LogP contribution >= 0.6 is 0 Å². The van der Waals surface area contributed by atoms with Gasteiger partial charge in [0.05, 0.1) is 24.3 Å². The smallest absolute Gasteiger partial charge is 0.140 e. The van der Waals surface area contributed by atoms with Gasteiger partial charge in [-0.25, -0.2) is 9.97 Å². The van der Waals surface area contributed by atoms with Crippen LogP contribution < -0.4 is 9.64 Å². The molecule has 2 aromatic carbocycles. The third-order valence-electron chi connectivity index (χ3n) is 6.12. The molecule has 1 aliphatic rings. The topological polar surface area (TPSA) is 62.0 Å². The van der Waals surface area contributed by atoms with Gasteiger partial charge in [-0.15, -0.1) is 0 Å². The molecule has 0 spiro atoms. The van der Waals surface area contributed by atoms with Gasteiger partial charge < -0.3 is 9.64 Å². The summed E-state index contributed by atoms with van der Waals surface area (Å²) in [4.78, 5) is 12.4. The minimum absolute atomic E-state index is 0.534. The van der Waals surface area contributed by atoms with Gasteiger partial charge in [-0.2, -0.15) is 5.26 Å². The number of methoxy groups -OCH3 is 1. The van der Waals surface area contributed by atoms with Gasteiger partial charge in [0.2, 0.25) is 0 Å². The maximum absolute atomic E-state index is 9.11. The fourth-order valence-corrected chi connectivity index (χ4v) is 4.24. The molecule has 1 aromatic heterocycles. The van der Waals surface area contributed by atoms with Gasteiger partial charge in [0.15, 0.2) is 0 Å². The molecule has 1 fully saturated rings. The van der Waals surface area contributed by atoms with E-state index in [1.54, 1.807) is 7.11 Å². The summed E-state index contributed by atoms with van der Waals surface area (Å²) in [5.41, 5.74) is 4.10. The number of nitriles is 1. The maximum Gasteiger partial charge on any atom is 0.140 e. The summed E-state index contributed by atoms with van der Waals surface area (Å²) < 4.78 is 5.50. The van der Waals surface area contributed by atoms with Crippen molar-refractivity contribution < 1.29 is 4.74 Å². The number of aryl methyl sites for hydroxylation is 2. The van der Waals surface area contributed by atoms with Crippen LogP contribution in [0.4, 0.5) is 5.82 Å². The van der Waals surface area contributed by atoms with Crippen molar-refractivity contribution in [3.05, 3.63) is 58.9 Å². The Morgan fingerprint density at radius 3 is 2.66 bits per heavy atom. The Bertz CT molecular complexity index is 1130. The molecule has 166 valence electrons. The summed E-state index contributed by atoms with van der Waals surface area (Å²) in [6.45, 7) is 6.32. The van der Waals surface area contributed by atoms with Crippen LogP contribution in [0.3, 0.4) is 0 Å². The van der Waals surface area contributed by atoms with Crippen molar-refractivity contribution in [2.24, 2.45) is 0 Å². The molecule has 0 saturated heterocycles. The van der Waals surface area contributed by atoms with Crippen molar-refractivity contribution in [2.75, 3.05) is 25.1 Å². The van der Waals surface area contributed by atoms with E-state index in [0.717, 1.165) is 72.6 Å². The Morgan fingerprint density at radius 1 is 1.09 bits per heavy atom. The van der Waals surface area contributed by atoms with Gasteiger partial charge in [-0.3, -0.25) is 0 Å². The SMILES string of the molecule is CCCN(CCCCc1ccc(C#N)cc1OC)c1nc(C2CC2)nc2ccc(C)cc12. The number of rotatable bonds is 10. The average Bonchev–Trinajstić information content (AvgIpc) is 3.66. The molecule has 32 heavy (non-hydrogen) atoms. The van der Waals surface area contributed by atoms with Crippen LogP contribution in [0.25, 0.3) is 10.9 Å². The number of nitrogens with zero attached hydrogens (tertiary/aromatic N) is 4. The Hall–Kier alpha value is -3.13. The van der Waals surface area contributed by atoms with E-state index in [1.165, 1.54) is 18.4 Å². The largest absolute Gasteiger partial charge is 0.496 e. The summed E-state index contributed by atoms with van der Waals surface area (Å²) in [7, 11) is 1.67. The first-order valence-corrected chi connectivity index (χ1v) is 11.7. The summed E-state index contributed by atoms with van der Waals surface area (Å²) in [5, 5.41) is 10.3. The zero-order valence-electron chi connectivity index (χ0n) is 19.4. The number of ether oxygens (including phenoxy) is 1.